The molecule has 1 heterocycles. The van der Waals surface area contributed by atoms with E-state index in [-0.39, 0.29) is 11.5 Å². The number of rotatable bonds is 2. The molecule has 122 valence electrons. The van der Waals surface area contributed by atoms with Gasteiger partial charge in [-0.05, 0) is 35.9 Å². The molecule has 3 aromatic carbocycles. The van der Waals surface area contributed by atoms with Gasteiger partial charge in [-0.1, -0.05) is 48.5 Å². The van der Waals surface area contributed by atoms with Crippen LogP contribution in [0.1, 0.15) is 26.4 Å². The Morgan fingerprint density at radius 1 is 0.880 bits per heavy atom. The zero-order valence-corrected chi connectivity index (χ0v) is 13.6. The monoisotopic (exact) mass is 329 g/mol. The minimum absolute atomic E-state index is 0.171. The summed E-state index contributed by atoms with van der Waals surface area (Å²) >= 11 is 0. The van der Waals surface area contributed by atoms with Crippen molar-refractivity contribution < 1.29 is 14.7 Å². The van der Waals surface area contributed by atoms with Crippen LogP contribution in [0.4, 0.5) is 0 Å². The van der Waals surface area contributed by atoms with Crippen LogP contribution in [-0.2, 0) is 0 Å². The molecule has 4 rings (SSSR count). The Bertz CT molecular complexity index is 1150. The number of aromatic nitrogens is 1. The Morgan fingerprint density at radius 3 is 2.32 bits per heavy atom. The lowest BCUT2D eigenvalue weighted by atomic mass is 10.1. The van der Waals surface area contributed by atoms with E-state index in [0.29, 0.717) is 22.2 Å². The summed E-state index contributed by atoms with van der Waals surface area (Å²) in [4.78, 5) is 24.8. The lowest BCUT2D eigenvalue weighted by molar-refractivity contribution is 0.0698. The van der Waals surface area contributed by atoms with E-state index in [2.05, 4.69) is 0 Å². The second kappa shape index (κ2) is 5.60. The Balaban J connectivity index is 1.95. The molecule has 0 aliphatic heterocycles. The van der Waals surface area contributed by atoms with E-state index in [4.69, 9.17) is 0 Å². The van der Waals surface area contributed by atoms with Crippen molar-refractivity contribution >= 4 is 33.6 Å². The van der Waals surface area contributed by atoms with Crippen molar-refractivity contribution in [1.29, 1.82) is 0 Å². The van der Waals surface area contributed by atoms with Crippen molar-refractivity contribution in [2.75, 3.05) is 0 Å². The molecule has 0 aliphatic rings. The molecule has 0 spiro atoms. The van der Waals surface area contributed by atoms with Crippen LogP contribution in [-0.4, -0.2) is 21.6 Å². The first-order valence-electron chi connectivity index (χ1n) is 7.95. The minimum Gasteiger partial charge on any atom is -0.478 e. The van der Waals surface area contributed by atoms with E-state index in [1.807, 2.05) is 36.4 Å². The van der Waals surface area contributed by atoms with Gasteiger partial charge < -0.3 is 5.11 Å². The number of carbonyl (C=O) groups excluding carboxylic acids is 1. The summed E-state index contributed by atoms with van der Waals surface area (Å²) < 4.78 is 1.49. The summed E-state index contributed by atoms with van der Waals surface area (Å²) in [5, 5.41) is 12.1. The maximum Gasteiger partial charge on any atom is 0.338 e. The Kier molecular flexibility index (Phi) is 3.39. The van der Waals surface area contributed by atoms with Crippen LogP contribution in [0.5, 0.6) is 0 Å². The molecule has 0 saturated carbocycles. The first-order chi connectivity index (χ1) is 12.1. The molecule has 0 fully saturated rings. The molecule has 0 amide bonds. The highest BCUT2D eigenvalue weighted by Crippen LogP contribution is 2.27. The van der Waals surface area contributed by atoms with Gasteiger partial charge in [-0.25, -0.2) is 4.79 Å². The molecule has 1 N–H and O–H groups in total. The first-order valence-corrected chi connectivity index (χ1v) is 7.95. The van der Waals surface area contributed by atoms with E-state index < -0.39 is 5.97 Å². The van der Waals surface area contributed by atoms with Gasteiger partial charge in [0.2, 0.25) is 0 Å². The Hall–Kier alpha value is -3.40. The maximum atomic E-state index is 13.1. The zero-order chi connectivity index (χ0) is 17.6. The van der Waals surface area contributed by atoms with Gasteiger partial charge in [-0.15, -0.1) is 0 Å². The van der Waals surface area contributed by atoms with Crippen molar-refractivity contribution in [3.05, 3.63) is 83.6 Å². The second-order valence-electron chi connectivity index (χ2n) is 5.99. The number of fused-ring (bicyclic) bond motifs is 2. The molecule has 0 radical (unpaired) electrons. The summed E-state index contributed by atoms with van der Waals surface area (Å²) in [6.45, 7) is 1.67. The summed E-state index contributed by atoms with van der Waals surface area (Å²) in [6.07, 6.45) is 0. The van der Waals surface area contributed by atoms with Crippen LogP contribution in [0.25, 0.3) is 21.7 Å². The molecule has 4 nitrogen and oxygen atoms in total. The van der Waals surface area contributed by atoms with Crippen LogP contribution in [0.15, 0.2) is 66.7 Å². The van der Waals surface area contributed by atoms with Gasteiger partial charge in [0.25, 0.3) is 5.91 Å². The number of hydrogen-bond donors (Lipinski definition) is 1. The largest absolute Gasteiger partial charge is 0.478 e. The fraction of sp³-hybridized carbons (Fsp3) is 0.0476. The number of carboxylic acids is 1. The Morgan fingerprint density at radius 2 is 1.56 bits per heavy atom. The van der Waals surface area contributed by atoms with Crippen molar-refractivity contribution in [3.63, 3.8) is 0 Å². The third kappa shape index (κ3) is 2.31. The standard InChI is InChI=1S/C21H15NO3/c1-13-19(21(24)25)17-8-4-5-9-18(17)22(13)20(23)16-11-10-14-6-2-3-7-15(14)12-16/h2-12H,1H3,(H,24,25). The molecule has 4 aromatic rings. The third-order valence-corrected chi connectivity index (χ3v) is 4.52. The second-order valence-corrected chi connectivity index (χ2v) is 5.99. The molecule has 25 heavy (non-hydrogen) atoms. The number of carbonyl (C=O) groups is 2. The van der Waals surface area contributed by atoms with Crippen molar-refractivity contribution in [3.8, 4) is 0 Å². The van der Waals surface area contributed by atoms with Gasteiger partial charge >= 0.3 is 5.97 Å². The fourth-order valence-corrected chi connectivity index (χ4v) is 3.35. The van der Waals surface area contributed by atoms with E-state index in [1.165, 1.54) is 4.57 Å². The third-order valence-electron chi connectivity index (χ3n) is 4.52. The van der Waals surface area contributed by atoms with Crippen molar-refractivity contribution in [1.82, 2.24) is 4.57 Å². The van der Waals surface area contributed by atoms with Gasteiger partial charge in [0.1, 0.15) is 0 Å². The molecule has 0 bridgehead atoms. The molecular weight excluding hydrogens is 314 g/mol. The van der Waals surface area contributed by atoms with Gasteiger partial charge in [-0.3, -0.25) is 9.36 Å². The molecular formula is C21H15NO3. The summed E-state index contributed by atoms with van der Waals surface area (Å²) in [7, 11) is 0. The minimum atomic E-state index is -1.03. The molecule has 4 heteroatoms. The Labute approximate surface area is 143 Å². The van der Waals surface area contributed by atoms with Crippen LogP contribution in [0.3, 0.4) is 0 Å². The van der Waals surface area contributed by atoms with Crippen LogP contribution >= 0.6 is 0 Å². The van der Waals surface area contributed by atoms with E-state index in [1.54, 1.807) is 37.3 Å². The van der Waals surface area contributed by atoms with Crippen LogP contribution in [0, 0.1) is 6.92 Å². The summed E-state index contributed by atoms with van der Waals surface area (Å²) in [5.74, 6) is -1.26. The molecule has 1 aromatic heterocycles. The topological polar surface area (TPSA) is 59.3 Å². The summed E-state index contributed by atoms with van der Waals surface area (Å²) in [6, 6.07) is 20.4. The molecule has 0 atom stereocenters. The highest BCUT2D eigenvalue weighted by Gasteiger charge is 2.23. The van der Waals surface area contributed by atoms with Crippen LogP contribution in [0.2, 0.25) is 0 Å². The average Bonchev–Trinajstić information content (AvgIpc) is 2.92. The van der Waals surface area contributed by atoms with Gasteiger partial charge in [-0.2, -0.15) is 0 Å². The van der Waals surface area contributed by atoms with Gasteiger partial charge in [0.15, 0.2) is 0 Å². The smallest absolute Gasteiger partial charge is 0.338 e. The maximum absolute atomic E-state index is 13.1. The quantitative estimate of drug-likeness (QED) is 0.589. The predicted octanol–water partition coefficient (Wildman–Crippen LogP) is 4.49. The predicted molar refractivity (Wildman–Crippen MR) is 97.3 cm³/mol. The van der Waals surface area contributed by atoms with E-state index >= 15 is 0 Å². The first kappa shape index (κ1) is 15.1. The molecule has 0 saturated heterocycles. The van der Waals surface area contributed by atoms with Gasteiger partial charge in [0, 0.05) is 16.6 Å². The number of carboxylic acid groups (broad SMARTS) is 1. The number of para-hydroxylation sites is 1. The number of aromatic carboxylic acids is 1. The number of hydrogen-bond acceptors (Lipinski definition) is 2. The summed E-state index contributed by atoms with van der Waals surface area (Å²) in [5.41, 5.74) is 1.74. The average molecular weight is 329 g/mol. The zero-order valence-electron chi connectivity index (χ0n) is 13.6. The van der Waals surface area contributed by atoms with Gasteiger partial charge in [0.05, 0.1) is 11.1 Å². The van der Waals surface area contributed by atoms with E-state index in [9.17, 15) is 14.7 Å². The SMILES string of the molecule is Cc1c(C(=O)O)c2ccccc2n1C(=O)c1ccc2ccccc2c1. The number of benzene rings is 3. The van der Waals surface area contributed by atoms with Crippen molar-refractivity contribution in [2.45, 2.75) is 6.92 Å². The lowest BCUT2D eigenvalue weighted by Gasteiger charge is -2.08. The lowest BCUT2D eigenvalue weighted by Crippen LogP contribution is -2.14. The highest BCUT2D eigenvalue weighted by molar-refractivity contribution is 6.11. The number of nitrogens with zero attached hydrogens (tertiary/aromatic N) is 1. The van der Waals surface area contributed by atoms with Crippen molar-refractivity contribution in [2.24, 2.45) is 0 Å². The van der Waals surface area contributed by atoms with Crippen LogP contribution < -0.4 is 0 Å². The normalized spacial score (nSPS) is 11.1. The fourth-order valence-electron chi connectivity index (χ4n) is 3.35. The highest BCUT2D eigenvalue weighted by atomic mass is 16.4. The molecule has 0 unspecified atom stereocenters. The van der Waals surface area contributed by atoms with E-state index in [0.717, 1.165) is 10.8 Å². The molecule has 0 aliphatic carbocycles.